The fourth-order valence-corrected chi connectivity index (χ4v) is 6.60. The summed E-state index contributed by atoms with van der Waals surface area (Å²) < 4.78 is 5.24. The van der Waals surface area contributed by atoms with Gasteiger partial charge >= 0.3 is 5.97 Å². The summed E-state index contributed by atoms with van der Waals surface area (Å²) >= 11 is 0. The Hall–Kier alpha value is -3.44. The standard InChI is InChI=1S/C28H31NO3Si/c1-4-32-28(31)25(20-22-14-8-5-9-15-22)29-27(30)21-26(23-16-10-6-11-17-23)33(2,3)24-18-12-7-13-19-24/h5-19,21,25H,4,20H2,1-3H3,(H,29,30)/b26-21+/t25-/m0/s1. The van der Waals surface area contributed by atoms with Gasteiger partial charge in [-0.15, -0.1) is 0 Å². The van der Waals surface area contributed by atoms with Gasteiger partial charge in [-0.1, -0.05) is 109 Å². The molecule has 0 aliphatic heterocycles. The first-order valence-corrected chi connectivity index (χ1v) is 14.3. The number of esters is 1. The predicted molar refractivity (Wildman–Crippen MR) is 137 cm³/mol. The number of amides is 1. The molecular weight excluding hydrogens is 426 g/mol. The third kappa shape index (κ3) is 6.53. The molecule has 1 amide bonds. The van der Waals surface area contributed by atoms with E-state index < -0.39 is 20.1 Å². The van der Waals surface area contributed by atoms with Crippen LogP contribution >= 0.6 is 0 Å². The molecule has 0 radical (unpaired) electrons. The second kappa shape index (κ2) is 11.4. The minimum atomic E-state index is -2.20. The van der Waals surface area contributed by atoms with Gasteiger partial charge in [0.25, 0.3) is 0 Å². The summed E-state index contributed by atoms with van der Waals surface area (Å²) in [6, 6.07) is 29.2. The van der Waals surface area contributed by atoms with Crippen molar-refractivity contribution in [1.82, 2.24) is 5.32 Å². The van der Waals surface area contributed by atoms with Gasteiger partial charge in [0.2, 0.25) is 5.91 Å². The van der Waals surface area contributed by atoms with Gasteiger partial charge in [0.15, 0.2) is 0 Å². The van der Waals surface area contributed by atoms with Crippen LogP contribution in [-0.4, -0.2) is 32.6 Å². The highest BCUT2D eigenvalue weighted by molar-refractivity contribution is 7.04. The third-order valence-corrected chi connectivity index (χ3v) is 9.26. The van der Waals surface area contributed by atoms with Crippen molar-refractivity contribution in [1.29, 1.82) is 0 Å². The Bertz CT molecular complexity index is 1080. The highest BCUT2D eigenvalue weighted by atomic mass is 28.3. The van der Waals surface area contributed by atoms with Crippen LogP contribution in [0.4, 0.5) is 0 Å². The Morgan fingerprint density at radius 1 is 0.879 bits per heavy atom. The van der Waals surface area contributed by atoms with Gasteiger partial charge in [-0.3, -0.25) is 4.79 Å². The summed E-state index contributed by atoms with van der Waals surface area (Å²) in [7, 11) is -2.20. The molecule has 4 nitrogen and oxygen atoms in total. The monoisotopic (exact) mass is 457 g/mol. The Morgan fingerprint density at radius 2 is 1.42 bits per heavy atom. The van der Waals surface area contributed by atoms with E-state index in [0.717, 1.165) is 16.3 Å². The van der Waals surface area contributed by atoms with Crippen LogP contribution in [-0.2, 0) is 20.7 Å². The third-order valence-electron chi connectivity index (χ3n) is 5.70. The molecular formula is C28H31NO3Si. The summed E-state index contributed by atoms with van der Waals surface area (Å²) in [5.74, 6) is -0.719. The van der Waals surface area contributed by atoms with Gasteiger partial charge in [-0.25, -0.2) is 4.79 Å². The molecule has 0 bridgehead atoms. The van der Waals surface area contributed by atoms with Crippen molar-refractivity contribution in [3.63, 3.8) is 0 Å². The zero-order chi connectivity index (χ0) is 23.7. The van der Waals surface area contributed by atoms with Crippen molar-refractivity contribution >= 4 is 30.3 Å². The summed E-state index contributed by atoms with van der Waals surface area (Å²) in [5.41, 5.74) is 1.98. The lowest BCUT2D eigenvalue weighted by atomic mass is 10.1. The Labute approximate surface area is 197 Å². The van der Waals surface area contributed by atoms with E-state index in [1.807, 2.05) is 78.9 Å². The van der Waals surface area contributed by atoms with Gasteiger partial charge in [-0.2, -0.15) is 0 Å². The zero-order valence-corrected chi connectivity index (χ0v) is 20.5. The molecule has 1 atom stereocenters. The van der Waals surface area contributed by atoms with Crippen LogP contribution in [0.15, 0.2) is 97.1 Å². The highest BCUT2D eigenvalue weighted by Crippen LogP contribution is 2.26. The number of hydrogen-bond acceptors (Lipinski definition) is 3. The van der Waals surface area contributed by atoms with Crippen LogP contribution < -0.4 is 10.5 Å². The fraction of sp³-hybridized carbons (Fsp3) is 0.214. The van der Waals surface area contributed by atoms with Gasteiger partial charge in [-0.05, 0) is 23.2 Å². The molecule has 33 heavy (non-hydrogen) atoms. The van der Waals surface area contributed by atoms with E-state index in [0.29, 0.717) is 6.42 Å². The number of carbonyl (C=O) groups is 2. The highest BCUT2D eigenvalue weighted by Gasteiger charge is 2.31. The first-order chi connectivity index (χ1) is 15.9. The van der Waals surface area contributed by atoms with Crippen molar-refractivity contribution < 1.29 is 14.3 Å². The number of nitrogens with one attached hydrogen (secondary N) is 1. The van der Waals surface area contributed by atoms with Crippen LogP contribution in [0.25, 0.3) is 5.20 Å². The molecule has 3 aromatic rings. The van der Waals surface area contributed by atoms with Crippen LogP contribution in [0.5, 0.6) is 0 Å². The fourth-order valence-electron chi connectivity index (χ4n) is 3.88. The maximum atomic E-state index is 13.2. The van der Waals surface area contributed by atoms with Gasteiger partial charge in [0.1, 0.15) is 14.1 Å². The van der Waals surface area contributed by atoms with Crippen molar-refractivity contribution in [3.05, 3.63) is 108 Å². The molecule has 170 valence electrons. The van der Waals surface area contributed by atoms with Crippen LogP contribution in [0, 0.1) is 0 Å². The largest absolute Gasteiger partial charge is 0.464 e. The number of rotatable bonds is 9. The summed E-state index contributed by atoms with van der Waals surface area (Å²) in [6.45, 7) is 6.50. The van der Waals surface area contributed by atoms with E-state index in [4.69, 9.17) is 4.74 Å². The average Bonchev–Trinajstić information content (AvgIpc) is 2.84. The quantitative estimate of drug-likeness (QED) is 0.292. The maximum absolute atomic E-state index is 13.2. The second-order valence-corrected chi connectivity index (χ2v) is 12.8. The number of benzene rings is 3. The zero-order valence-electron chi connectivity index (χ0n) is 19.5. The first-order valence-electron chi connectivity index (χ1n) is 11.3. The summed E-state index contributed by atoms with van der Waals surface area (Å²) in [4.78, 5) is 25.8. The van der Waals surface area contributed by atoms with E-state index in [1.165, 1.54) is 5.19 Å². The van der Waals surface area contributed by atoms with E-state index in [1.54, 1.807) is 13.0 Å². The van der Waals surface area contributed by atoms with E-state index >= 15 is 0 Å². The van der Waals surface area contributed by atoms with Gasteiger partial charge < -0.3 is 10.1 Å². The molecule has 0 aliphatic rings. The molecule has 3 rings (SSSR count). The normalized spacial score (nSPS) is 12.6. The Balaban J connectivity index is 1.93. The number of ether oxygens (including phenoxy) is 1. The molecule has 1 N–H and O–H groups in total. The Kier molecular flexibility index (Phi) is 8.38. The van der Waals surface area contributed by atoms with Crippen LogP contribution in [0.3, 0.4) is 0 Å². The minimum absolute atomic E-state index is 0.263. The summed E-state index contributed by atoms with van der Waals surface area (Å²) in [5, 5.41) is 5.15. The lowest BCUT2D eigenvalue weighted by Gasteiger charge is -2.27. The maximum Gasteiger partial charge on any atom is 0.328 e. The Morgan fingerprint density at radius 3 is 2.00 bits per heavy atom. The molecule has 5 heteroatoms. The SMILES string of the molecule is CCOC(=O)[C@H](Cc1ccccc1)NC(=O)/C=C(\c1ccccc1)[Si](C)(C)c1ccccc1. The van der Waals surface area contributed by atoms with E-state index in [9.17, 15) is 9.59 Å². The summed E-state index contributed by atoms with van der Waals surface area (Å²) in [6.07, 6.45) is 2.05. The lowest BCUT2D eigenvalue weighted by Crippen LogP contribution is -2.45. The van der Waals surface area contributed by atoms with Crippen molar-refractivity contribution in [3.8, 4) is 0 Å². The second-order valence-electron chi connectivity index (χ2n) is 8.42. The van der Waals surface area contributed by atoms with Gasteiger partial charge in [0.05, 0.1) is 6.61 Å². The first kappa shape index (κ1) is 24.2. The van der Waals surface area contributed by atoms with Crippen molar-refractivity contribution in [2.75, 3.05) is 6.61 Å². The molecule has 0 aliphatic carbocycles. The van der Waals surface area contributed by atoms with Crippen LogP contribution in [0.2, 0.25) is 13.1 Å². The minimum Gasteiger partial charge on any atom is -0.464 e. The van der Waals surface area contributed by atoms with Gasteiger partial charge in [0, 0.05) is 12.5 Å². The smallest absolute Gasteiger partial charge is 0.328 e. The average molecular weight is 458 g/mol. The molecule has 0 unspecified atom stereocenters. The lowest BCUT2D eigenvalue weighted by molar-refractivity contribution is -0.146. The van der Waals surface area contributed by atoms with E-state index in [2.05, 4.69) is 30.5 Å². The molecule has 0 saturated heterocycles. The predicted octanol–water partition coefficient (Wildman–Crippen LogP) is 4.52. The molecule has 0 saturated carbocycles. The molecule has 0 aromatic heterocycles. The topological polar surface area (TPSA) is 55.4 Å². The molecule has 0 spiro atoms. The van der Waals surface area contributed by atoms with Crippen molar-refractivity contribution in [2.45, 2.75) is 32.5 Å². The number of hydrogen-bond donors (Lipinski definition) is 1. The van der Waals surface area contributed by atoms with Crippen molar-refractivity contribution in [2.24, 2.45) is 0 Å². The van der Waals surface area contributed by atoms with E-state index in [-0.39, 0.29) is 12.5 Å². The number of carbonyl (C=O) groups excluding carboxylic acids is 2. The molecule has 0 heterocycles. The molecule has 0 fully saturated rings. The molecule has 3 aromatic carbocycles. The van der Waals surface area contributed by atoms with Crippen LogP contribution in [0.1, 0.15) is 18.1 Å².